The number of aliphatic carboxylic acids is 1. The summed E-state index contributed by atoms with van der Waals surface area (Å²) in [6, 6.07) is 0.449. The van der Waals surface area contributed by atoms with Gasteiger partial charge >= 0.3 is 5.97 Å². The Kier molecular flexibility index (Phi) is 4.62. The molecule has 24 heavy (non-hydrogen) atoms. The van der Waals surface area contributed by atoms with Crippen molar-refractivity contribution in [3.05, 3.63) is 21.9 Å². The molecule has 2 N–H and O–H groups in total. The van der Waals surface area contributed by atoms with Crippen LogP contribution in [0.1, 0.15) is 49.6 Å². The van der Waals surface area contributed by atoms with Crippen molar-refractivity contribution in [2.45, 2.75) is 57.7 Å². The molecule has 7 heteroatoms. The van der Waals surface area contributed by atoms with Crippen LogP contribution in [0.4, 0.5) is 0 Å². The van der Waals surface area contributed by atoms with Gasteiger partial charge in [0, 0.05) is 17.7 Å². The average molecular weight is 350 g/mol. The topological polar surface area (TPSA) is 86.7 Å². The normalized spacial score (nSPS) is 24.9. The van der Waals surface area contributed by atoms with E-state index in [-0.39, 0.29) is 23.8 Å². The highest BCUT2D eigenvalue weighted by atomic mass is 32.1. The van der Waals surface area contributed by atoms with E-state index in [1.165, 1.54) is 0 Å². The lowest BCUT2D eigenvalue weighted by Gasteiger charge is -2.37. The van der Waals surface area contributed by atoms with Crippen molar-refractivity contribution < 1.29 is 19.5 Å². The predicted octanol–water partition coefficient (Wildman–Crippen LogP) is 1.95. The molecule has 130 valence electrons. The summed E-state index contributed by atoms with van der Waals surface area (Å²) in [4.78, 5) is 39.4. The molecule has 3 heterocycles. The molecule has 0 aromatic carbocycles. The minimum atomic E-state index is -1.03. The van der Waals surface area contributed by atoms with E-state index in [4.69, 9.17) is 0 Å². The first kappa shape index (κ1) is 17.0. The second-order valence-corrected chi connectivity index (χ2v) is 7.59. The summed E-state index contributed by atoms with van der Waals surface area (Å²) in [5, 5.41) is 14.0. The van der Waals surface area contributed by atoms with E-state index < -0.39 is 18.1 Å². The molecular weight excluding hydrogens is 328 g/mol. The fourth-order valence-corrected chi connectivity index (χ4v) is 4.61. The van der Waals surface area contributed by atoms with Crippen LogP contribution in [0.15, 0.2) is 11.4 Å². The Bertz CT molecular complexity index is 671. The van der Waals surface area contributed by atoms with E-state index in [1.54, 1.807) is 23.2 Å². The third-order valence-electron chi connectivity index (χ3n) is 5.19. The number of carbonyl (C=O) groups is 3. The Hall–Kier alpha value is -1.89. The summed E-state index contributed by atoms with van der Waals surface area (Å²) < 4.78 is 0. The second-order valence-electron chi connectivity index (χ2n) is 6.58. The lowest BCUT2D eigenvalue weighted by atomic mass is 9.93. The molecule has 0 bridgehead atoms. The number of hydrogen-bond donors (Lipinski definition) is 2. The molecule has 0 saturated carbocycles. The van der Waals surface area contributed by atoms with E-state index in [9.17, 15) is 19.5 Å². The van der Waals surface area contributed by atoms with Crippen molar-refractivity contribution in [1.82, 2.24) is 10.2 Å². The van der Waals surface area contributed by atoms with Gasteiger partial charge in [0.1, 0.15) is 12.1 Å². The van der Waals surface area contributed by atoms with Gasteiger partial charge in [0.15, 0.2) is 0 Å². The summed E-state index contributed by atoms with van der Waals surface area (Å²) in [7, 11) is 0. The number of amides is 2. The highest BCUT2D eigenvalue weighted by molar-refractivity contribution is 7.10. The molecule has 2 amide bonds. The number of thiophene rings is 1. The molecule has 6 nitrogen and oxygen atoms in total. The van der Waals surface area contributed by atoms with Crippen molar-refractivity contribution in [3.8, 4) is 0 Å². The molecule has 1 saturated heterocycles. The second kappa shape index (κ2) is 6.55. The summed E-state index contributed by atoms with van der Waals surface area (Å²) in [5.74, 6) is -1.58. The first-order valence-electron chi connectivity index (χ1n) is 8.34. The zero-order chi connectivity index (χ0) is 17.4. The van der Waals surface area contributed by atoms with Crippen LogP contribution >= 0.6 is 11.3 Å². The van der Waals surface area contributed by atoms with E-state index in [2.05, 4.69) is 5.32 Å². The monoisotopic (exact) mass is 350 g/mol. The molecule has 1 aromatic rings. The molecule has 0 unspecified atom stereocenters. The molecule has 4 atom stereocenters. The summed E-state index contributed by atoms with van der Waals surface area (Å²) in [6.45, 7) is 3.70. The Balaban J connectivity index is 1.84. The number of rotatable bonds is 5. The fraction of sp³-hybridized carbons (Fsp3) is 0.588. The molecule has 0 radical (unpaired) electrons. The molecular formula is C17H22N2O4S. The van der Waals surface area contributed by atoms with Crippen LogP contribution in [0, 0.1) is 5.92 Å². The number of carboxylic acid groups (broad SMARTS) is 1. The lowest BCUT2D eigenvalue weighted by Crippen LogP contribution is -2.56. The summed E-state index contributed by atoms with van der Waals surface area (Å²) in [5.41, 5.74) is 1.15. The zero-order valence-corrected chi connectivity index (χ0v) is 14.6. The average Bonchev–Trinajstić information content (AvgIpc) is 3.17. The molecule has 1 fully saturated rings. The fourth-order valence-electron chi connectivity index (χ4n) is 3.64. The van der Waals surface area contributed by atoms with Crippen LogP contribution in [-0.4, -0.2) is 39.9 Å². The van der Waals surface area contributed by atoms with Gasteiger partial charge in [-0.1, -0.05) is 20.3 Å². The maximum Gasteiger partial charge on any atom is 0.326 e. The molecule has 3 rings (SSSR count). The van der Waals surface area contributed by atoms with E-state index in [0.29, 0.717) is 19.3 Å². The van der Waals surface area contributed by atoms with Gasteiger partial charge in [-0.2, -0.15) is 0 Å². The van der Waals surface area contributed by atoms with Crippen molar-refractivity contribution in [3.63, 3.8) is 0 Å². The minimum Gasteiger partial charge on any atom is -0.480 e. The Labute approximate surface area is 144 Å². The van der Waals surface area contributed by atoms with E-state index in [0.717, 1.165) is 16.9 Å². The van der Waals surface area contributed by atoms with Gasteiger partial charge in [0.05, 0.1) is 6.04 Å². The van der Waals surface area contributed by atoms with Crippen LogP contribution in [-0.2, 0) is 20.8 Å². The maximum absolute atomic E-state index is 12.8. The van der Waals surface area contributed by atoms with Crippen molar-refractivity contribution in [2.75, 3.05) is 0 Å². The third kappa shape index (κ3) is 2.81. The van der Waals surface area contributed by atoms with Crippen LogP contribution in [0.5, 0.6) is 0 Å². The predicted molar refractivity (Wildman–Crippen MR) is 89.7 cm³/mol. The maximum atomic E-state index is 12.8. The Morgan fingerprint density at radius 3 is 2.92 bits per heavy atom. The largest absolute Gasteiger partial charge is 0.480 e. The van der Waals surface area contributed by atoms with Crippen molar-refractivity contribution >= 4 is 29.1 Å². The number of carbonyl (C=O) groups excluding carboxylic acids is 2. The quantitative estimate of drug-likeness (QED) is 0.850. The number of carboxylic acids is 1. The number of nitrogens with one attached hydrogen (secondary N) is 1. The standard InChI is InChI=1S/C17H22N2O4S/c1-3-9(2)15(17(22)23)18-16(21)12-8-13-10(6-7-24-13)11-4-5-14(20)19(11)12/h6-7,9,11-12,15H,3-5,8H2,1-2H3,(H,18,21)(H,22,23)/t9-,11+,12-,15-/m0/s1. The third-order valence-corrected chi connectivity index (χ3v) is 6.15. The highest BCUT2D eigenvalue weighted by Gasteiger charge is 2.45. The van der Waals surface area contributed by atoms with Gasteiger partial charge in [-0.25, -0.2) is 4.79 Å². The first-order chi connectivity index (χ1) is 11.4. The summed E-state index contributed by atoms with van der Waals surface area (Å²) >= 11 is 1.60. The van der Waals surface area contributed by atoms with Crippen LogP contribution in [0.25, 0.3) is 0 Å². The van der Waals surface area contributed by atoms with Crippen LogP contribution in [0.3, 0.4) is 0 Å². The van der Waals surface area contributed by atoms with E-state index in [1.807, 2.05) is 18.4 Å². The zero-order valence-electron chi connectivity index (χ0n) is 13.8. The Morgan fingerprint density at radius 2 is 2.25 bits per heavy atom. The summed E-state index contributed by atoms with van der Waals surface area (Å²) in [6.07, 6.45) is 2.29. The first-order valence-corrected chi connectivity index (χ1v) is 9.22. The van der Waals surface area contributed by atoms with Crippen LogP contribution in [0.2, 0.25) is 0 Å². The molecule has 0 aliphatic carbocycles. The van der Waals surface area contributed by atoms with Gasteiger partial charge in [0.2, 0.25) is 11.8 Å². The van der Waals surface area contributed by atoms with Gasteiger partial charge < -0.3 is 15.3 Å². The van der Waals surface area contributed by atoms with Crippen LogP contribution < -0.4 is 5.32 Å². The van der Waals surface area contributed by atoms with Gasteiger partial charge in [-0.05, 0) is 29.3 Å². The van der Waals surface area contributed by atoms with E-state index >= 15 is 0 Å². The minimum absolute atomic E-state index is 0.0209. The highest BCUT2D eigenvalue weighted by Crippen LogP contribution is 2.43. The van der Waals surface area contributed by atoms with Gasteiger partial charge in [0.25, 0.3) is 0 Å². The van der Waals surface area contributed by atoms with Crippen molar-refractivity contribution in [1.29, 1.82) is 0 Å². The SMILES string of the molecule is CC[C@H](C)[C@H](NC(=O)[C@@H]1Cc2sccc2[C@H]2CCC(=O)N21)C(=O)O. The Morgan fingerprint density at radius 1 is 1.50 bits per heavy atom. The van der Waals surface area contributed by atoms with Crippen molar-refractivity contribution in [2.24, 2.45) is 5.92 Å². The number of fused-ring (bicyclic) bond motifs is 3. The van der Waals surface area contributed by atoms with Gasteiger partial charge in [-0.15, -0.1) is 11.3 Å². The number of hydrogen-bond acceptors (Lipinski definition) is 4. The number of nitrogens with zero attached hydrogens (tertiary/aromatic N) is 1. The smallest absolute Gasteiger partial charge is 0.326 e. The van der Waals surface area contributed by atoms with Gasteiger partial charge in [-0.3, -0.25) is 9.59 Å². The molecule has 1 aromatic heterocycles. The molecule has 2 aliphatic heterocycles. The molecule has 0 spiro atoms. The lowest BCUT2D eigenvalue weighted by molar-refractivity contribution is -0.146. The molecule has 2 aliphatic rings.